The van der Waals surface area contributed by atoms with Gasteiger partial charge < -0.3 is 0 Å². The molecule has 0 bridgehead atoms. The summed E-state index contributed by atoms with van der Waals surface area (Å²) < 4.78 is 167. The molecule has 7 aromatic carbocycles. The maximum absolute atomic E-state index is 14.5. The van der Waals surface area contributed by atoms with Gasteiger partial charge in [-0.1, -0.05) is 12.1 Å². The van der Waals surface area contributed by atoms with Crippen molar-refractivity contribution in [3.05, 3.63) is 117 Å². The smallest absolute Gasteiger partial charge is 0.206 e. The van der Waals surface area contributed by atoms with Crippen LogP contribution in [0.1, 0.15) is 0 Å². The Hall–Kier alpha value is -5.98. The van der Waals surface area contributed by atoms with Gasteiger partial charge in [0, 0.05) is 31.3 Å². The number of rotatable bonds is 4. The molecule has 0 spiro atoms. The van der Waals surface area contributed by atoms with Crippen LogP contribution in [-0.2, 0) is 21.6 Å². The van der Waals surface area contributed by atoms with Crippen molar-refractivity contribution in [2.75, 3.05) is 0 Å². The Morgan fingerprint density at radius 3 is 1.02 bits per heavy atom. The van der Waals surface area contributed by atoms with E-state index in [9.17, 15) is 62.8 Å². The van der Waals surface area contributed by atoms with Crippen LogP contribution in [0.4, 0.5) is 43.9 Å². The van der Waals surface area contributed by atoms with E-state index < -0.39 is 99.4 Å². The summed E-state index contributed by atoms with van der Waals surface area (Å²) in [5.74, 6) is -23.3. The van der Waals surface area contributed by atoms with Crippen molar-refractivity contribution in [1.82, 2.24) is 0 Å². The van der Waals surface area contributed by atoms with Gasteiger partial charge in [-0.25, -0.2) is 52.3 Å². The second-order valence-corrected chi connectivity index (χ2v) is 13.6. The average molecular weight is 759 g/mol. The van der Waals surface area contributed by atoms with Gasteiger partial charge in [0.05, 0.1) is 32.3 Å². The molecule has 0 fully saturated rings. The summed E-state index contributed by atoms with van der Waals surface area (Å²) in [5.41, 5.74) is 0. The lowest BCUT2D eigenvalue weighted by molar-refractivity contribution is 0.359. The van der Waals surface area contributed by atoms with Crippen LogP contribution in [0.25, 0.3) is 43.1 Å². The van der Waals surface area contributed by atoms with Gasteiger partial charge in [-0.15, -0.1) is 0 Å². The number of nitriles is 2. The summed E-state index contributed by atoms with van der Waals surface area (Å²) in [4.78, 5) is 3.59. The molecule has 0 radical (unpaired) electrons. The van der Waals surface area contributed by atoms with Crippen molar-refractivity contribution in [3.8, 4) is 12.4 Å². The molecule has 2 atom stereocenters. The zero-order valence-electron chi connectivity index (χ0n) is 24.8. The summed E-state index contributed by atoms with van der Waals surface area (Å²) in [5, 5.41) is 20.7. The fourth-order valence-corrected chi connectivity index (χ4v) is 8.25. The number of halogens is 10. The van der Waals surface area contributed by atoms with E-state index in [-0.39, 0.29) is 32.3 Å². The number of hydrogen-bond donors (Lipinski definition) is 0. The molecule has 6 nitrogen and oxygen atoms in total. The first-order valence-corrected chi connectivity index (χ1v) is 16.3. The van der Waals surface area contributed by atoms with Crippen molar-refractivity contribution in [1.29, 1.82) is 10.5 Å². The minimum Gasteiger partial charge on any atom is -0.249 e. The molecule has 0 amide bonds. The maximum Gasteiger partial charge on any atom is 0.206 e. The lowest BCUT2D eigenvalue weighted by Crippen LogP contribution is -2.09. The number of benzene rings is 5. The molecule has 52 heavy (non-hydrogen) atoms. The fourth-order valence-electron chi connectivity index (χ4n) is 5.94. The van der Waals surface area contributed by atoms with Gasteiger partial charge in [-0.05, 0) is 57.9 Å². The van der Waals surface area contributed by atoms with Crippen molar-refractivity contribution < 1.29 is 52.3 Å². The van der Waals surface area contributed by atoms with Crippen LogP contribution in [0.2, 0.25) is 0 Å². The Morgan fingerprint density at radius 2 is 0.692 bits per heavy atom. The van der Waals surface area contributed by atoms with Crippen LogP contribution in [-0.4, -0.2) is 8.42 Å². The molecule has 0 aliphatic heterocycles. The molecule has 0 N–H and O–H groups in total. The van der Waals surface area contributed by atoms with E-state index in [4.69, 9.17) is 0 Å². The van der Waals surface area contributed by atoms with Gasteiger partial charge in [-0.2, -0.15) is 20.5 Å². The minimum absolute atomic E-state index is 0.0718. The summed E-state index contributed by atoms with van der Waals surface area (Å²) in [6.07, 6.45) is 3.17. The molecular formula is C34H8F10N4O2S2. The summed E-state index contributed by atoms with van der Waals surface area (Å²) >= 11 is 0. The predicted molar refractivity (Wildman–Crippen MR) is 163 cm³/mol. The largest absolute Gasteiger partial charge is 0.249 e. The van der Waals surface area contributed by atoms with Crippen molar-refractivity contribution in [2.24, 2.45) is 9.98 Å². The number of hydrogen-bond acceptors (Lipinski definition) is 6. The molecule has 7 rings (SSSR count). The molecule has 0 aliphatic rings. The quantitative estimate of drug-likeness (QED) is 0.0796. The van der Waals surface area contributed by atoms with E-state index in [1.807, 2.05) is 0 Å². The highest BCUT2D eigenvalue weighted by Gasteiger charge is 2.31. The van der Waals surface area contributed by atoms with E-state index in [0.717, 1.165) is 24.3 Å². The summed E-state index contributed by atoms with van der Waals surface area (Å²) in [7, 11) is -5.92. The Bertz CT molecular complexity index is 2790. The minimum atomic E-state index is -2.96. The SMILES string of the molecule is N#CN=c1c2cc(S(=O)c3c(F)c(F)c(F)c(F)c3F)ccc2c2cc3c(cc12)c(=NC#N)c1cc(S(=O)c2c(F)c(F)c(F)c(F)c2F)ccc13. The molecular weight excluding hydrogens is 751 g/mol. The van der Waals surface area contributed by atoms with Crippen LogP contribution in [0.5, 0.6) is 0 Å². The zero-order chi connectivity index (χ0) is 37.5. The molecule has 0 saturated heterocycles. The zero-order valence-corrected chi connectivity index (χ0v) is 26.5. The monoisotopic (exact) mass is 758 g/mol. The average Bonchev–Trinajstić information content (AvgIpc) is 3.61. The van der Waals surface area contributed by atoms with Crippen LogP contribution < -0.4 is 10.7 Å². The molecule has 0 heterocycles. The Morgan fingerprint density at radius 1 is 0.404 bits per heavy atom. The maximum atomic E-state index is 14.5. The first-order chi connectivity index (χ1) is 24.7. The van der Waals surface area contributed by atoms with Crippen molar-refractivity contribution >= 4 is 64.7 Å². The first kappa shape index (κ1) is 34.5. The molecule has 0 aromatic heterocycles. The summed E-state index contributed by atoms with van der Waals surface area (Å²) in [6, 6.07) is 9.94. The van der Waals surface area contributed by atoms with E-state index in [0.29, 0.717) is 21.5 Å². The van der Waals surface area contributed by atoms with Crippen LogP contribution in [0.3, 0.4) is 0 Å². The third-order valence-corrected chi connectivity index (χ3v) is 11.0. The van der Waals surface area contributed by atoms with E-state index >= 15 is 0 Å². The third-order valence-electron chi connectivity index (χ3n) is 8.20. The van der Waals surface area contributed by atoms with E-state index in [1.165, 1.54) is 18.2 Å². The van der Waals surface area contributed by atoms with Crippen molar-refractivity contribution in [2.45, 2.75) is 19.6 Å². The predicted octanol–water partition coefficient (Wildman–Crippen LogP) is 7.66. The second kappa shape index (κ2) is 12.4. The normalized spacial score (nSPS) is 13.8. The third kappa shape index (κ3) is 4.82. The Kier molecular flexibility index (Phi) is 8.19. The molecule has 2 unspecified atom stereocenters. The van der Waals surface area contributed by atoms with Gasteiger partial charge in [0.15, 0.2) is 46.5 Å². The number of fused-ring (bicyclic) bond motifs is 6. The summed E-state index contributed by atoms with van der Waals surface area (Å²) in [6.45, 7) is 0. The van der Waals surface area contributed by atoms with Gasteiger partial charge in [0.25, 0.3) is 0 Å². The molecule has 18 heteroatoms. The van der Waals surface area contributed by atoms with Crippen LogP contribution in [0.15, 0.2) is 78.1 Å². The molecule has 7 aromatic rings. The lowest BCUT2D eigenvalue weighted by atomic mass is 10.1. The van der Waals surface area contributed by atoms with Gasteiger partial charge >= 0.3 is 0 Å². The highest BCUT2D eigenvalue weighted by atomic mass is 32.2. The molecule has 258 valence electrons. The second-order valence-electron chi connectivity index (χ2n) is 10.8. The Labute approximate surface area is 286 Å². The lowest BCUT2D eigenvalue weighted by Gasteiger charge is -2.08. The van der Waals surface area contributed by atoms with Gasteiger partial charge in [0.2, 0.25) is 24.0 Å². The molecule has 0 saturated carbocycles. The highest BCUT2D eigenvalue weighted by Crippen LogP contribution is 2.36. The van der Waals surface area contributed by atoms with Gasteiger partial charge in [0.1, 0.15) is 9.79 Å². The first-order valence-electron chi connectivity index (χ1n) is 14.0. The van der Waals surface area contributed by atoms with E-state index in [2.05, 4.69) is 9.98 Å². The van der Waals surface area contributed by atoms with Crippen molar-refractivity contribution in [3.63, 3.8) is 0 Å². The fraction of sp³-hybridized carbons (Fsp3) is 0. The number of nitrogens with zero attached hydrogens (tertiary/aromatic N) is 4. The Balaban J connectivity index is 1.46. The van der Waals surface area contributed by atoms with E-state index in [1.54, 1.807) is 18.5 Å². The standard InChI is InChI=1S/C34H8F10N4O2S2/c35-21-23(37)27(41)33(28(42)24(21)38)51(49)11-1-3-13-15-7-16-14-4-2-12(52(50)34-29(43)25(39)22(36)26(40)30(34)44)6-18(14)32(48-10-46)20(16)8-19(15)31(47-9-45)17(13)5-11/h1-8H. The van der Waals surface area contributed by atoms with Gasteiger partial charge in [-0.3, -0.25) is 0 Å². The topological polar surface area (TPSA) is 106 Å². The highest BCUT2D eigenvalue weighted by molar-refractivity contribution is 7.85. The van der Waals surface area contributed by atoms with Crippen LogP contribution >= 0.6 is 0 Å². The van der Waals surface area contributed by atoms with Crippen LogP contribution in [0, 0.1) is 81.1 Å². The molecule has 0 aliphatic carbocycles.